The zero-order chi connectivity index (χ0) is 17.3. The van der Waals surface area contributed by atoms with Gasteiger partial charge < -0.3 is 14.3 Å². The molecule has 0 aliphatic carbocycles. The highest BCUT2D eigenvalue weighted by atomic mass is 79.9. The number of esters is 1. The maximum Gasteiger partial charge on any atom is 0.337 e. The number of fused-ring (bicyclic) bond motifs is 1. The molecule has 1 heterocycles. The van der Waals surface area contributed by atoms with Crippen molar-refractivity contribution in [2.45, 2.75) is 6.54 Å². The summed E-state index contributed by atoms with van der Waals surface area (Å²) in [5.74, 6) is -0.523. The highest BCUT2D eigenvalue weighted by molar-refractivity contribution is 9.10. The molecule has 0 saturated carbocycles. The molecule has 1 N–H and O–H groups in total. The van der Waals surface area contributed by atoms with E-state index in [0.29, 0.717) is 15.9 Å². The molecule has 0 unspecified atom stereocenters. The third-order valence-electron chi connectivity index (χ3n) is 3.67. The zero-order valence-corrected chi connectivity index (χ0v) is 15.1. The number of halogens is 1. The number of hydrogen-bond acceptors (Lipinski definition) is 4. The minimum atomic E-state index is -0.432. The fraction of sp³-hybridized carbons (Fsp3) is 0.118. The van der Waals surface area contributed by atoms with Crippen LogP contribution in [0.3, 0.4) is 0 Å². The summed E-state index contributed by atoms with van der Waals surface area (Å²) in [6.07, 6.45) is 0. The SMILES string of the molecule is COC(=O)c1ccc(C(=O)Cn2c(=S)[nH]c3cc(Br)ccc32)cc1. The van der Waals surface area contributed by atoms with Crippen molar-refractivity contribution in [1.82, 2.24) is 9.55 Å². The van der Waals surface area contributed by atoms with Crippen LogP contribution in [0.4, 0.5) is 0 Å². The summed E-state index contributed by atoms with van der Waals surface area (Å²) in [4.78, 5) is 27.0. The van der Waals surface area contributed by atoms with Gasteiger partial charge in [-0.25, -0.2) is 4.79 Å². The molecule has 24 heavy (non-hydrogen) atoms. The van der Waals surface area contributed by atoms with E-state index in [4.69, 9.17) is 12.2 Å². The quantitative estimate of drug-likeness (QED) is 0.403. The van der Waals surface area contributed by atoms with Crippen molar-refractivity contribution in [2.75, 3.05) is 7.11 Å². The second-order valence-electron chi connectivity index (χ2n) is 5.17. The molecule has 3 rings (SSSR count). The molecule has 5 nitrogen and oxygen atoms in total. The monoisotopic (exact) mass is 404 g/mol. The third-order valence-corrected chi connectivity index (χ3v) is 4.48. The molecule has 2 aromatic carbocycles. The van der Waals surface area contributed by atoms with E-state index in [1.54, 1.807) is 28.8 Å². The largest absolute Gasteiger partial charge is 0.465 e. The number of carbonyl (C=O) groups excluding carboxylic acids is 2. The number of nitrogens with zero attached hydrogens (tertiary/aromatic N) is 1. The standard InChI is InChI=1S/C17H13BrN2O3S/c1-23-16(22)11-4-2-10(3-5-11)15(21)9-20-14-7-6-12(18)8-13(14)19-17(20)24/h2-8H,9H2,1H3,(H,19,24). The lowest BCUT2D eigenvalue weighted by Gasteiger charge is -2.05. The number of aromatic amines is 1. The van der Waals surface area contributed by atoms with Gasteiger partial charge in [0.15, 0.2) is 10.6 Å². The number of ketones is 1. The summed E-state index contributed by atoms with van der Waals surface area (Å²) in [5, 5.41) is 0. The predicted octanol–water partition coefficient (Wildman–Crippen LogP) is 4.13. The van der Waals surface area contributed by atoms with E-state index < -0.39 is 5.97 Å². The van der Waals surface area contributed by atoms with Crippen molar-refractivity contribution in [3.63, 3.8) is 0 Å². The molecule has 0 spiro atoms. The van der Waals surface area contributed by atoms with Crippen molar-refractivity contribution in [2.24, 2.45) is 0 Å². The fourth-order valence-electron chi connectivity index (χ4n) is 2.44. The number of imidazole rings is 1. The van der Waals surface area contributed by atoms with Gasteiger partial charge >= 0.3 is 5.97 Å². The van der Waals surface area contributed by atoms with Crippen LogP contribution in [0.2, 0.25) is 0 Å². The Morgan fingerprint density at radius 1 is 1.17 bits per heavy atom. The van der Waals surface area contributed by atoms with Crippen molar-refractivity contribution in [1.29, 1.82) is 0 Å². The van der Waals surface area contributed by atoms with Crippen LogP contribution in [0.1, 0.15) is 20.7 Å². The molecule has 0 saturated heterocycles. The minimum absolute atomic E-state index is 0.0914. The van der Waals surface area contributed by atoms with Gasteiger partial charge in [-0.15, -0.1) is 0 Å². The molecule has 122 valence electrons. The van der Waals surface area contributed by atoms with Crippen molar-refractivity contribution < 1.29 is 14.3 Å². The highest BCUT2D eigenvalue weighted by Gasteiger charge is 2.12. The van der Waals surface area contributed by atoms with E-state index in [2.05, 4.69) is 25.7 Å². The maximum absolute atomic E-state index is 12.5. The topological polar surface area (TPSA) is 64.1 Å². The lowest BCUT2D eigenvalue weighted by atomic mass is 10.1. The summed E-state index contributed by atoms with van der Waals surface area (Å²) in [5.41, 5.74) is 2.64. The molecule has 0 aliphatic rings. The van der Waals surface area contributed by atoms with E-state index >= 15 is 0 Å². The molecule has 1 aromatic heterocycles. The first-order chi connectivity index (χ1) is 11.5. The van der Waals surface area contributed by atoms with Gasteiger partial charge in [0.25, 0.3) is 0 Å². The molecular weight excluding hydrogens is 392 g/mol. The maximum atomic E-state index is 12.5. The molecule has 0 aliphatic heterocycles. The smallest absolute Gasteiger partial charge is 0.337 e. The first kappa shape index (κ1) is 16.6. The Balaban J connectivity index is 1.89. The molecule has 0 atom stereocenters. The Hall–Kier alpha value is -2.25. The number of ether oxygens (including phenoxy) is 1. The van der Waals surface area contributed by atoms with E-state index in [0.717, 1.165) is 15.5 Å². The zero-order valence-electron chi connectivity index (χ0n) is 12.7. The summed E-state index contributed by atoms with van der Waals surface area (Å²) >= 11 is 8.72. The number of H-pyrrole nitrogens is 1. The molecule has 0 radical (unpaired) electrons. The molecule has 0 amide bonds. The normalized spacial score (nSPS) is 10.8. The van der Waals surface area contributed by atoms with E-state index in [9.17, 15) is 9.59 Å². The number of nitrogens with one attached hydrogen (secondary N) is 1. The molecule has 7 heteroatoms. The van der Waals surface area contributed by atoms with Crippen LogP contribution in [-0.2, 0) is 11.3 Å². The van der Waals surface area contributed by atoms with Gasteiger partial charge in [0, 0.05) is 10.0 Å². The summed E-state index contributed by atoms with van der Waals surface area (Å²) in [7, 11) is 1.32. The Morgan fingerprint density at radius 2 is 1.83 bits per heavy atom. The number of Topliss-reactive ketones (excluding diaryl/α,β-unsaturated/α-hetero) is 1. The van der Waals surface area contributed by atoms with Crippen LogP contribution in [0, 0.1) is 4.77 Å². The highest BCUT2D eigenvalue weighted by Crippen LogP contribution is 2.20. The molecule has 0 fully saturated rings. The summed E-state index contributed by atoms with van der Waals surface area (Å²) < 4.78 is 7.83. The van der Waals surface area contributed by atoms with Crippen LogP contribution in [0.5, 0.6) is 0 Å². The van der Waals surface area contributed by atoms with Crippen LogP contribution in [-0.4, -0.2) is 28.4 Å². The Bertz CT molecular complexity index is 989. The van der Waals surface area contributed by atoms with Crippen LogP contribution < -0.4 is 0 Å². The predicted molar refractivity (Wildman–Crippen MR) is 96.9 cm³/mol. The Labute approximate surface area is 151 Å². The molecule has 0 bridgehead atoms. The number of methoxy groups -OCH3 is 1. The fourth-order valence-corrected chi connectivity index (χ4v) is 3.07. The third kappa shape index (κ3) is 3.18. The summed E-state index contributed by atoms with van der Waals surface area (Å²) in [6.45, 7) is 0.123. The van der Waals surface area contributed by atoms with Gasteiger partial charge in [0.05, 0.1) is 30.3 Å². The molecular formula is C17H13BrN2O3S. The van der Waals surface area contributed by atoms with Crippen molar-refractivity contribution in [3.05, 3.63) is 62.8 Å². The van der Waals surface area contributed by atoms with E-state index in [1.165, 1.54) is 7.11 Å². The minimum Gasteiger partial charge on any atom is -0.465 e. The lowest BCUT2D eigenvalue weighted by Crippen LogP contribution is -2.11. The number of rotatable bonds is 4. The van der Waals surface area contributed by atoms with Gasteiger partial charge in [0.1, 0.15) is 0 Å². The van der Waals surface area contributed by atoms with Gasteiger partial charge in [-0.3, -0.25) is 4.79 Å². The van der Waals surface area contributed by atoms with E-state index in [1.807, 2.05) is 18.2 Å². The van der Waals surface area contributed by atoms with Crippen LogP contribution in [0.15, 0.2) is 46.9 Å². The number of hydrogen-bond donors (Lipinski definition) is 1. The Morgan fingerprint density at radius 3 is 2.50 bits per heavy atom. The van der Waals surface area contributed by atoms with Crippen LogP contribution >= 0.6 is 28.1 Å². The van der Waals surface area contributed by atoms with E-state index in [-0.39, 0.29) is 12.3 Å². The molecule has 3 aromatic rings. The first-order valence-electron chi connectivity index (χ1n) is 7.09. The van der Waals surface area contributed by atoms with Crippen molar-refractivity contribution in [3.8, 4) is 0 Å². The van der Waals surface area contributed by atoms with Gasteiger partial charge in [0.2, 0.25) is 0 Å². The van der Waals surface area contributed by atoms with Gasteiger partial charge in [-0.05, 0) is 42.5 Å². The Kier molecular flexibility index (Phi) is 4.64. The number of aromatic nitrogens is 2. The van der Waals surface area contributed by atoms with Crippen molar-refractivity contribution >= 4 is 50.9 Å². The average molecular weight is 405 g/mol. The average Bonchev–Trinajstić information content (AvgIpc) is 2.89. The number of carbonyl (C=O) groups is 2. The van der Waals surface area contributed by atoms with Crippen LogP contribution in [0.25, 0.3) is 11.0 Å². The second kappa shape index (κ2) is 6.70. The first-order valence-corrected chi connectivity index (χ1v) is 8.29. The summed E-state index contributed by atoms with van der Waals surface area (Å²) in [6, 6.07) is 12.1. The van der Waals surface area contributed by atoms with Gasteiger partial charge in [-0.1, -0.05) is 28.1 Å². The van der Waals surface area contributed by atoms with Gasteiger partial charge in [-0.2, -0.15) is 0 Å². The lowest BCUT2D eigenvalue weighted by molar-refractivity contribution is 0.0600. The second-order valence-corrected chi connectivity index (χ2v) is 6.47. The number of benzene rings is 2.